The van der Waals surface area contributed by atoms with Gasteiger partial charge in [-0.1, -0.05) is 30.3 Å². The number of carbonyl (C=O) groups excluding carboxylic acids is 3. The second-order valence-corrected chi connectivity index (χ2v) is 8.33. The maximum atomic E-state index is 12.5. The highest BCUT2D eigenvalue weighted by atomic mass is 35.5. The molecule has 2 fully saturated rings. The minimum atomic E-state index is -0.900. The number of halogens is 1. The van der Waals surface area contributed by atoms with Crippen molar-refractivity contribution >= 4 is 41.1 Å². The fourth-order valence-electron chi connectivity index (χ4n) is 3.16. The molecule has 0 unspecified atom stereocenters. The molecule has 4 atom stereocenters. The van der Waals surface area contributed by atoms with Crippen LogP contribution in [0.4, 0.5) is 0 Å². The van der Waals surface area contributed by atoms with Crippen molar-refractivity contribution in [3.63, 3.8) is 0 Å². The number of alkyl halides is 1. The second-order valence-electron chi connectivity index (χ2n) is 6.36. The van der Waals surface area contributed by atoms with E-state index in [9.17, 15) is 14.4 Å². The number of nitrogens with zero attached hydrogens (tertiary/aromatic N) is 1. The number of methoxy groups -OCH3 is 1. The van der Waals surface area contributed by atoms with Crippen LogP contribution in [0.25, 0.3) is 0 Å². The molecule has 1 N–H and O–H groups in total. The molecule has 3 rings (SSSR count). The molecule has 2 saturated heterocycles. The topological polar surface area (TPSA) is 75.7 Å². The van der Waals surface area contributed by atoms with Crippen LogP contribution in [-0.2, 0) is 25.5 Å². The molecule has 0 radical (unpaired) electrons. The first kappa shape index (κ1) is 18.1. The number of rotatable bonds is 4. The zero-order chi connectivity index (χ0) is 18.2. The average molecular weight is 383 g/mol. The van der Waals surface area contributed by atoms with Crippen LogP contribution in [0.15, 0.2) is 30.3 Å². The van der Waals surface area contributed by atoms with E-state index in [2.05, 4.69) is 5.32 Å². The quantitative estimate of drug-likeness (QED) is 0.480. The van der Waals surface area contributed by atoms with Gasteiger partial charge in [0.1, 0.15) is 11.4 Å². The molecule has 0 spiro atoms. The van der Waals surface area contributed by atoms with Crippen molar-refractivity contribution in [1.29, 1.82) is 0 Å². The van der Waals surface area contributed by atoms with E-state index in [0.29, 0.717) is 5.75 Å². The van der Waals surface area contributed by atoms with Crippen LogP contribution in [0.5, 0.6) is 0 Å². The van der Waals surface area contributed by atoms with Gasteiger partial charge in [-0.2, -0.15) is 0 Å². The lowest BCUT2D eigenvalue weighted by Crippen LogP contribution is -2.78. The van der Waals surface area contributed by atoms with Crippen LogP contribution in [0.3, 0.4) is 0 Å². The van der Waals surface area contributed by atoms with Gasteiger partial charge in [0.15, 0.2) is 6.04 Å². The Labute approximate surface area is 155 Å². The van der Waals surface area contributed by atoms with Gasteiger partial charge in [-0.05, 0) is 12.5 Å². The number of amides is 2. The maximum Gasteiger partial charge on any atom is 0.330 e. The summed E-state index contributed by atoms with van der Waals surface area (Å²) in [7, 11) is 1.27. The summed E-state index contributed by atoms with van der Waals surface area (Å²) in [5.74, 6) is -0.585. The fourth-order valence-corrected chi connectivity index (χ4v) is 4.96. The molecule has 2 aliphatic rings. The molecule has 2 aliphatic heterocycles. The number of fused-ring (bicyclic) bond motifs is 1. The zero-order valence-electron chi connectivity index (χ0n) is 13.9. The van der Waals surface area contributed by atoms with E-state index in [1.807, 2.05) is 30.3 Å². The smallest absolute Gasteiger partial charge is 0.330 e. The number of carbonyl (C=O) groups is 3. The Morgan fingerprint density at radius 3 is 2.72 bits per heavy atom. The Balaban J connectivity index is 1.68. The molecular weight excluding hydrogens is 364 g/mol. The van der Waals surface area contributed by atoms with Crippen molar-refractivity contribution in [2.45, 2.75) is 35.7 Å². The highest BCUT2D eigenvalue weighted by molar-refractivity contribution is 8.00. The van der Waals surface area contributed by atoms with Gasteiger partial charge in [0.2, 0.25) is 11.8 Å². The van der Waals surface area contributed by atoms with Crippen molar-refractivity contribution < 1.29 is 19.1 Å². The molecule has 2 heterocycles. The lowest BCUT2D eigenvalue weighted by atomic mass is 9.94. The second kappa shape index (κ2) is 6.88. The number of β-lactam (4-membered cyclic amide) rings is 1. The third-order valence-corrected chi connectivity index (χ3v) is 6.52. The first-order chi connectivity index (χ1) is 11.8. The standard InChI is InChI=1S/C17H19ClN2O4S/c1-17(18)9-25-15-12(14(22)20(15)13(17)16(23)24-2)19-11(21)8-10-6-4-3-5-7-10/h3-7,12-13,15H,8-9H2,1-2H3,(H,19,21)/t12-,13+,15-,17-/m1/s1. The number of ether oxygens (including phenoxy) is 1. The molecule has 1 aromatic carbocycles. The molecule has 6 nitrogen and oxygen atoms in total. The average Bonchev–Trinajstić information content (AvgIpc) is 2.59. The summed E-state index contributed by atoms with van der Waals surface area (Å²) in [6.07, 6.45) is 0.204. The molecule has 25 heavy (non-hydrogen) atoms. The van der Waals surface area contributed by atoms with Crippen molar-refractivity contribution in [3.8, 4) is 0 Å². The van der Waals surface area contributed by atoms with E-state index in [1.165, 1.54) is 23.8 Å². The van der Waals surface area contributed by atoms with Gasteiger partial charge in [-0.25, -0.2) is 4.79 Å². The van der Waals surface area contributed by atoms with E-state index in [0.717, 1.165) is 5.56 Å². The summed E-state index contributed by atoms with van der Waals surface area (Å²) in [6, 6.07) is 7.83. The Morgan fingerprint density at radius 2 is 2.08 bits per heavy atom. The van der Waals surface area contributed by atoms with Crippen LogP contribution in [-0.4, -0.2) is 57.9 Å². The summed E-state index contributed by atoms with van der Waals surface area (Å²) in [5, 5.41) is 2.47. The molecular formula is C17H19ClN2O4S. The number of thioether (sulfide) groups is 1. The van der Waals surface area contributed by atoms with Crippen molar-refractivity contribution in [1.82, 2.24) is 10.2 Å². The summed E-state index contributed by atoms with van der Waals surface area (Å²) >= 11 is 7.89. The summed E-state index contributed by atoms with van der Waals surface area (Å²) in [4.78, 5) is 37.4. The van der Waals surface area contributed by atoms with Gasteiger partial charge in [0.05, 0.1) is 18.4 Å². The van der Waals surface area contributed by atoms with Gasteiger partial charge in [-0.3, -0.25) is 9.59 Å². The third-order valence-electron chi connectivity index (χ3n) is 4.41. The van der Waals surface area contributed by atoms with E-state index in [1.54, 1.807) is 6.92 Å². The summed E-state index contributed by atoms with van der Waals surface area (Å²) < 4.78 is 4.81. The van der Waals surface area contributed by atoms with E-state index < -0.39 is 22.9 Å². The molecule has 1 aromatic rings. The first-order valence-electron chi connectivity index (χ1n) is 7.89. The monoisotopic (exact) mass is 382 g/mol. The Hall–Kier alpha value is -1.73. The highest BCUT2D eigenvalue weighted by Gasteiger charge is 2.61. The van der Waals surface area contributed by atoms with Crippen LogP contribution >= 0.6 is 23.4 Å². The maximum absolute atomic E-state index is 12.5. The molecule has 134 valence electrons. The molecule has 0 aromatic heterocycles. The number of esters is 1. The summed E-state index contributed by atoms with van der Waals surface area (Å²) in [5.41, 5.74) is 0.876. The minimum Gasteiger partial charge on any atom is -0.467 e. The van der Waals surface area contributed by atoms with Crippen molar-refractivity contribution in [2.24, 2.45) is 0 Å². The minimum absolute atomic E-state index is 0.204. The predicted molar refractivity (Wildman–Crippen MR) is 95.2 cm³/mol. The Morgan fingerprint density at radius 1 is 1.40 bits per heavy atom. The SMILES string of the molecule is COC(=O)[C@@H]1N2C(=O)[C@@H](NC(=O)Cc3ccccc3)[C@H]2SC[C@@]1(C)Cl. The van der Waals surface area contributed by atoms with Crippen LogP contribution in [0.2, 0.25) is 0 Å². The fraction of sp³-hybridized carbons (Fsp3) is 0.471. The van der Waals surface area contributed by atoms with Gasteiger partial charge in [0, 0.05) is 5.75 Å². The van der Waals surface area contributed by atoms with Gasteiger partial charge in [0.25, 0.3) is 0 Å². The van der Waals surface area contributed by atoms with E-state index in [4.69, 9.17) is 16.3 Å². The predicted octanol–water partition coefficient (Wildman–Crippen LogP) is 1.17. The number of hydrogen-bond donors (Lipinski definition) is 1. The molecule has 8 heteroatoms. The van der Waals surface area contributed by atoms with Gasteiger partial charge < -0.3 is 15.0 Å². The van der Waals surface area contributed by atoms with Crippen LogP contribution in [0.1, 0.15) is 12.5 Å². The van der Waals surface area contributed by atoms with Gasteiger partial charge >= 0.3 is 5.97 Å². The number of benzene rings is 1. The van der Waals surface area contributed by atoms with Crippen LogP contribution < -0.4 is 5.32 Å². The first-order valence-corrected chi connectivity index (χ1v) is 9.31. The number of hydrogen-bond acceptors (Lipinski definition) is 5. The van der Waals surface area contributed by atoms with Gasteiger partial charge in [-0.15, -0.1) is 23.4 Å². The number of nitrogens with one attached hydrogen (secondary N) is 1. The molecule has 2 amide bonds. The Kier molecular flexibility index (Phi) is 4.97. The highest BCUT2D eigenvalue weighted by Crippen LogP contribution is 2.45. The zero-order valence-corrected chi connectivity index (χ0v) is 15.5. The molecule has 0 saturated carbocycles. The normalized spacial score (nSPS) is 30.9. The molecule has 0 bridgehead atoms. The Bertz CT molecular complexity index is 697. The summed E-state index contributed by atoms with van der Waals surface area (Å²) in [6.45, 7) is 1.72. The van der Waals surface area contributed by atoms with Crippen molar-refractivity contribution in [3.05, 3.63) is 35.9 Å². The van der Waals surface area contributed by atoms with E-state index >= 15 is 0 Å². The van der Waals surface area contributed by atoms with Crippen molar-refractivity contribution in [2.75, 3.05) is 12.9 Å². The van der Waals surface area contributed by atoms with Crippen LogP contribution in [0, 0.1) is 0 Å². The molecule has 0 aliphatic carbocycles. The van der Waals surface area contributed by atoms with E-state index in [-0.39, 0.29) is 23.6 Å². The third kappa shape index (κ3) is 3.35. The lowest BCUT2D eigenvalue weighted by Gasteiger charge is -2.56. The lowest BCUT2D eigenvalue weighted by molar-refractivity contribution is -0.165. The largest absolute Gasteiger partial charge is 0.467 e.